The van der Waals surface area contributed by atoms with Crippen LogP contribution in [0.5, 0.6) is 5.75 Å². The first-order chi connectivity index (χ1) is 10.7. The van der Waals surface area contributed by atoms with E-state index in [0.717, 1.165) is 18.2 Å². The van der Waals surface area contributed by atoms with E-state index in [0.29, 0.717) is 0 Å². The molecule has 3 rings (SSSR count). The maximum Gasteiger partial charge on any atom is 0.119 e. The van der Waals surface area contributed by atoms with Gasteiger partial charge in [-0.1, -0.05) is 42.0 Å². The fraction of sp³-hybridized carbons (Fsp3) is 0.400. The monoisotopic (exact) mass is 295 g/mol. The highest BCUT2D eigenvalue weighted by atomic mass is 16.5. The van der Waals surface area contributed by atoms with Crippen LogP contribution in [-0.4, -0.2) is 25.1 Å². The van der Waals surface area contributed by atoms with Gasteiger partial charge in [-0.3, -0.25) is 4.90 Å². The van der Waals surface area contributed by atoms with E-state index in [1.165, 1.54) is 42.6 Å². The summed E-state index contributed by atoms with van der Waals surface area (Å²) in [5.41, 5.74) is 4.23. The van der Waals surface area contributed by atoms with Crippen LogP contribution in [0, 0.1) is 6.92 Å². The quantitative estimate of drug-likeness (QED) is 0.830. The molecule has 2 heteroatoms. The molecule has 22 heavy (non-hydrogen) atoms. The number of nitrogens with zero attached hydrogens (tertiary/aromatic N) is 1. The number of piperidine rings is 1. The minimum atomic E-state index is 0.724. The highest BCUT2D eigenvalue weighted by Crippen LogP contribution is 2.29. The summed E-state index contributed by atoms with van der Waals surface area (Å²) in [6.07, 6.45) is 2.51. The van der Waals surface area contributed by atoms with Gasteiger partial charge in [0.25, 0.3) is 0 Å². The maximum atomic E-state index is 5.31. The minimum absolute atomic E-state index is 0.724. The minimum Gasteiger partial charge on any atom is -0.497 e. The van der Waals surface area contributed by atoms with E-state index in [1.54, 1.807) is 7.11 Å². The third-order valence-corrected chi connectivity index (χ3v) is 4.64. The average molecular weight is 295 g/mol. The summed E-state index contributed by atoms with van der Waals surface area (Å²) >= 11 is 0. The Balaban J connectivity index is 1.57. The van der Waals surface area contributed by atoms with Gasteiger partial charge in [-0.25, -0.2) is 0 Å². The summed E-state index contributed by atoms with van der Waals surface area (Å²) in [6, 6.07) is 17.4. The first-order valence-corrected chi connectivity index (χ1v) is 8.16. The Morgan fingerprint density at radius 2 is 1.82 bits per heavy atom. The van der Waals surface area contributed by atoms with E-state index in [9.17, 15) is 0 Å². The zero-order valence-electron chi connectivity index (χ0n) is 13.6. The summed E-state index contributed by atoms with van der Waals surface area (Å²) in [4.78, 5) is 2.56. The molecule has 2 aromatic rings. The first-order valence-electron chi connectivity index (χ1n) is 8.16. The summed E-state index contributed by atoms with van der Waals surface area (Å²) < 4.78 is 5.31. The topological polar surface area (TPSA) is 12.5 Å². The lowest BCUT2D eigenvalue weighted by atomic mass is 9.88. The molecule has 0 amide bonds. The molecule has 2 nitrogen and oxygen atoms in total. The summed E-state index contributed by atoms with van der Waals surface area (Å²) in [5, 5.41) is 0. The molecule has 1 aliphatic rings. The second kappa shape index (κ2) is 6.97. The predicted octanol–water partition coefficient (Wildman–Crippen LogP) is 4.38. The Hall–Kier alpha value is -1.80. The van der Waals surface area contributed by atoms with E-state index in [4.69, 9.17) is 4.74 Å². The Morgan fingerprint density at radius 1 is 1.05 bits per heavy atom. The Bertz CT molecular complexity index is 615. The van der Waals surface area contributed by atoms with Gasteiger partial charge < -0.3 is 4.74 Å². The van der Waals surface area contributed by atoms with E-state index in [-0.39, 0.29) is 0 Å². The van der Waals surface area contributed by atoms with Crippen LogP contribution in [0.15, 0.2) is 48.5 Å². The number of hydrogen-bond acceptors (Lipinski definition) is 2. The van der Waals surface area contributed by atoms with Gasteiger partial charge >= 0.3 is 0 Å². The Labute approximate surface area is 133 Å². The van der Waals surface area contributed by atoms with Gasteiger partial charge in [0.2, 0.25) is 0 Å². The van der Waals surface area contributed by atoms with Crippen molar-refractivity contribution in [3.05, 3.63) is 65.2 Å². The molecule has 1 heterocycles. The fourth-order valence-electron chi connectivity index (χ4n) is 3.38. The van der Waals surface area contributed by atoms with Crippen molar-refractivity contribution in [1.29, 1.82) is 0 Å². The molecule has 0 N–H and O–H groups in total. The normalized spacial score (nSPS) is 16.6. The van der Waals surface area contributed by atoms with Crippen LogP contribution in [0.3, 0.4) is 0 Å². The van der Waals surface area contributed by atoms with Crippen molar-refractivity contribution >= 4 is 0 Å². The molecule has 1 saturated heterocycles. The molecule has 0 aliphatic carbocycles. The molecule has 0 radical (unpaired) electrons. The van der Waals surface area contributed by atoms with Crippen LogP contribution < -0.4 is 4.74 Å². The zero-order valence-corrected chi connectivity index (χ0v) is 13.6. The number of likely N-dealkylation sites (tertiary alicyclic amines) is 1. The molecule has 2 aromatic carbocycles. The van der Waals surface area contributed by atoms with Gasteiger partial charge in [-0.15, -0.1) is 0 Å². The fourth-order valence-corrected chi connectivity index (χ4v) is 3.38. The second-order valence-electron chi connectivity index (χ2n) is 6.32. The standard InChI is InChI=1S/C20H25NO/c1-16-5-3-7-19(13-16)18-9-11-21(12-10-18)15-17-6-4-8-20(14-17)22-2/h3-8,13-14,18H,9-12,15H2,1-2H3. The van der Waals surface area contributed by atoms with Gasteiger partial charge in [0.15, 0.2) is 0 Å². The largest absolute Gasteiger partial charge is 0.497 e. The van der Waals surface area contributed by atoms with Crippen molar-refractivity contribution in [3.8, 4) is 5.75 Å². The number of hydrogen-bond donors (Lipinski definition) is 0. The molecule has 116 valence electrons. The van der Waals surface area contributed by atoms with Crippen LogP contribution >= 0.6 is 0 Å². The number of benzene rings is 2. The zero-order chi connectivity index (χ0) is 15.4. The third kappa shape index (κ3) is 3.69. The summed E-state index contributed by atoms with van der Waals surface area (Å²) in [5.74, 6) is 1.67. The van der Waals surface area contributed by atoms with Gasteiger partial charge in [-0.05, 0) is 62.0 Å². The number of rotatable bonds is 4. The van der Waals surface area contributed by atoms with Crippen molar-refractivity contribution in [2.75, 3.05) is 20.2 Å². The highest BCUT2D eigenvalue weighted by Gasteiger charge is 2.20. The van der Waals surface area contributed by atoms with E-state index < -0.39 is 0 Å². The van der Waals surface area contributed by atoms with Crippen molar-refractivity contribution in [2.24, 2.45) is 0 Å². The first kappa shape index (κ1) is 15.1. The SMILES string of the molecule is COc1cccc(CN2CCC(c3cccc(C)c3)CC2)c1. The molecule has 0 unspecified atom stereocenters. The average Bonchev–Trinajstić information content (AvgIpc) is 2.56. The third-order valence-electron chi connectivity index (χ3n) is 4.64. The van der Waals surface area contributed by atoms with Crippen molar-refractivity contribution in [2.45, 2.75) is 32.2 Å². The maximum absolute atomic E-state index is 5.31. The summed E-state index contributed by atoms with van der Waals surface area (Å²) in [6.45, 7) is 5.56. The van der Waals surface area contributed by atoms with Gasteiger partial charge in [0.1, 0.15) is 5.75 Å². The second-order valence-corrected chi connectivity index (χ2v) is 6.32. The van der Waals surface area contributed by atoms with Crippen molar-refractivity contribution < 1.29 is 4.74 Å². The number of aryl methyl sites for hydroxylation is 1. The molecule has 0 atom stereocenters. The molecule has 1 aliphatic heterocycles. The Kier molecular flexibility index (Phi) is 4.79. The number of methoxy groups -OCH3 is 1. The lowest BCUT2D eigenvalue weighted by molar-refractivity contribution is 0.204. The van der Waals surface area contributed by atoms with Gasteiger partial charge in [-0.2, -0.15) is 0 Å². The van der Waals surface area contributed by atoms with Gasteiger partial charge in [0.05, 0.1) is 7.11 Å². The Morgan fingerprint density at radius 3 is 2.55 bits per heavy atom. The highest BCUT2D eigenvalue weighted by molar-refractivity contribution is 5.29. The van der Waals surface area contributed by atoms with Crippen LogP contribution in [0.25, 0.3) is 0 Å². The van der Waals surface area contributed by atoms with Crippen molar-refractivity contribution in [1.82, 2.24) is 4.90 Å². The predicted molar refractivity (Wildman–Crippen MR) is 91.4 cm³/mol. The van der Waals surface area contributed by atoms with Crippen LogP contribution in [-0.2, 0) is 6.54 Å². The lowest BCUT2D eigenvalue weighted by Gasteiger charge is -2.32. The van der Waals surface area contributed by atoms with Gasteiger partial charge in [0, 0.05) is 6.54 Å². The molecule has 0 spiro atoms. The number of ether oxygens (including phenoxy) is 1. The molecule has 0 saturated carbocycles. The molecule has 0 aromatic heterocycles. The van der Waals surface area contributed by atoms with E-state index in [2.05, 4.69) is 54.3 Å². The molecule has 0 bridgehead atoms. The van der Waals surface area contributed by atoms with E-state index in [1.807, 2.05) is 6.07 Å². The lowest BCUT2D eigenvalue weighted by Crippen LogP contribution is -2.32. The molecular formula is C20H25NO. The van der Waals surface area contributed by atoms with Crippen LogP contribution in [0.1, 0.15) is 35.4 Å². The summed E-state index contributed by atoms with van der Waals surface area (Å²) in [7, 11) is 1.73. The smallest absolute Gasteiger partial charge is 0.119 e. The van der Waals surface area contributed by atoms with Crippen LogP contribution in [0.2, 0.25) is 0 Å². The molecular weight excluding hydrogens is 270 g/mol. The van der Waals surface area contributed by atoms with Crippen LogP contribution in [0.4, 0.5) is 0 Å². The van der Waals surface area contributed by atoms with E-state index >= 15 is 0 Å². The molecule has 1 fully saturated rings. The van der Waals surface area contributed by atoms with Crippen molar-refractivity contribution in [3.63, 3.8) is 0 Å².